The van der Waals surface area contributed by atoms with Gasteiger partial charge in [-0.2, -0.15) is 0 Å². The third kappa shape index (κ3) is 3.40. The molecule has 7 nitrogen and oxygen atoms in total. The van der Waals surface area contributed by atoms with Crippen molar-refractivity contribution in [3.63, 3.8) is 0 Å². The third-order valence-electron chi connectivity index (χ3n) is 3.49. The lowest BCUT2D eigenvalue weighted by Gasteiger charge is -2.36. The maximum atomic E-state index is 12.0. The Morgan fingerprint density at radius 2 is 2.15 bits per heavy atom. The predicted molar refractivity (Wildman–Crippen MR) is 70.5 cm³/mol. The molecule has 2 aliphatic heterocycles. The normalized spacial score (nSPS) is 30.6. The van der Waals surface area contributed by atoms with Gasteiger partial charge in [-0.25, -0.2) is 4.79 Å². The molecule has 1 spiro atoms. The van der Waals surface area contributed by atoms with Crippen molar-refractivity contribution >= 4 is 12.1 Å². The number of carboxylic acids is 1. The van der Waals surface area contributed by atoms with Crippen molar-refractivity contribution in [1.29, 1.82) is 0 Å². The molecule has 1 amide bonds. The Kier molecular flexibility index (Phi) is 3.93. The third-order valence-corrected chi connectivity index (χ3v) is 3.49. The van der Waals surface area contributed by atoms with Gasteiger partial charge in [0, 0.05) is 13.1 Å². The number of hydrogen-bond acceptors (Lipinski definition) is 5. The molecule has 7 heteroatoms. The summed E-state index contributed by atoms with van der Waals surface area (Å²) in [4.78, 5) is 24.5. The Bertz CT molecular complexity index is 396. The highest BCUT2D eigenvalue weighted by Gasteiger charge is 2.45. The first-order valence-corrected chi connectivity index (χ1v) is 6.79. The van der Waals surface area contributed by atoms with Crippen LogP contribution in [0.15, 0.2) is 0 Å². The molecule has 2 atom stereocenters. The second-order valence-corrected chi connectivity index (χ2v) is 6.42. The number of nitrogens with zero attached hydrogens (tertiary/aromatic N) is 1. The number of carboxylic acid groups (broad SMARTS) is 1. The van der Waals surface area contributed by atoms with Crippen LogP contribution in [0.3, 0.4) is 0 Å². The maximum absolute atomic E-state index is 12.0. The standard InChI is InChI=1S/C13H22N2O5/c1-12(2,3)20-11(18)15-5-4-13(8-15)7-14-9(6-19-13)10(16)17/h9,14H,4-8H2,1-3H3,(H,16,17). The molecule has 2 heterocycles. The number of aliphatic carboxylic acids is 1. The van der Waals surface area contributed by atoms with Gasteiger partial charge in [0.2, 0.25) is 0 Å². The van der Waals surface area contributed by atoms with Gasteiger partial charge >= 0.3 is 12.1 Å². The summed E-state index contributed by atoms with van der Waals surface area (Å²) < 4.78 is 11.0. The van der Waals surface area contributed by atoms with Gasteiger partial charge < -0.3 is 19.5 Å². The van der Waals surface area contributed by atoms with Crippen molar-refractivity contribution in [2.75, 3.05) is 26.2 Å². The van der Waals surface area contributed by atoms with Gasteiger partial charge in [0.25, 0.3) is 0 Å². The van der Waals surface area contributed by atoms with Gasteiger partial charge in [0.15, 0.2) is 0 Å². The van der Waals surface area contributed by atoms with E-state index in [0.717, 1.165) is 0 Å². The Hall–Kier alpha value is -1.34. The first kappa shape index (κ1) is 15.1. The minimum Gasteiger partial charge on any atom is -0.480 e. The SMILES string of the molecule is CC(C)(C)OC(=O)N1CCC2(CNC(C(=O)O)CO2)C1. The number of nitrogens with one attached hydrogen (secondary N) is 1. The van der Waals surface area contributed by atoms with Crippen LogP contribution in [0.4, 0.5) is 4.79 Å². The smallest absolute Gasteiger partial charge is 0.410 e. The summed E-state index contributed by atoms with van der Waals surface area (Å²) in [6.45, 7) is 7.03. The van der Waals surface area contributed by atoms with E-state index in [1.54, 1.807) is 4.90 Å². The number of likely N-dealkylation sites (tertiary alicyclic amines) is 1. The van der Waals surface area contributed by atoms with Crippen LogP contribution < -0.4 is 5.32 Å². The van der Waals surface area contributed by atoms with Crippen molar-refractivity contribution in [1.82, 2.24) is 10.2 Å². The molecule has 2 saturated heterocycles. The Labute approximate surface area is 118 Å². The van der Waals surface area contributed by atoms with Crippen molar-refractivity contribution in [2.24, 2.45) is 0 Å². The quantitative estimate of drug-likeness (QED) is 0.727. The van der Waals surface area contributed by atoms with Crippen LogP contribution in [0.5, 0.6) is 0 Å². The highest BCUT2D eigenvalue weighted by molar-refractivity contribution is 5.73. The zero-order chi connectivity index (χ0) is 15.0. The van der Waals surface area contributed by atoms with Crippen LogP contribution >= 0.6 is 0 Å². The second kappa shape index (κ2) is 5.21. The van der Waals surface area contributed by atoms with Crippen LogP contribution in [-0.2, 0) is 14.3 Å². The van der Waals surface area contributed by atoms with Gasteiger partial charge in [0.05, 0.1) is 18.8 Å². The van der Waals surface area contributed by atoms with Crippen LogP contribution in [0.1, 0.15) is 27.2 Å². The molecule has 0 aromatic heterocycles. The van der Waals surface area contributed by atoms with Gasteiger partial charge in [-0.15, -0.1) is 0 Å². The number of morpholine rings is 1. The van der Waals surface area contributed by atoms with E-state index in [4.69, 9.17) is 14.6 Å². The Balaban J connectivity index is 1.89. The minimum absolute atomic E-state index is 0.123. The largest absolute Gasteiger partial charge is 0.480 e. The van der Waals surface area contributed by atoms with E-state index < -0.39 is 23.2 Å². The maximum Gasteiger partial charge on any atom is 0.410 e. The molecule has 0 aromatic rings. The molecular formula is C13H22N2O5. The lowest BCUT2D eigenvalue weighted by Crippen LogP contribution is -2.58. The summed E-state index contributed by atoms with van der Waals surface area (Å²) in [5.74, 6) is -0.915. The molecule has 0 radical (unpaired) electrons. The minimum atomic E-state index is -0.915. The van der Waals surface area contributed by atoms with Crippen LogP contribution in [-0.4, -0.2) is 65.6 Å². The Morgan fingerprint density at radius 1 is 1.45 bits per heavy atom. The van der Waals surface area contributed by atoms with Gasteiger partial charge in [-0.05, 0) is 27.2 Å². The summed E-state index contributed by atoms with van der Waals surface area (Å²) in [6, 6.07) is -0.670. The molecule has 0 aromatic carbocycles. The van der Waals surface area contributed by atoms with Crippen molar-refractivity contribution < 1.29 is 24.2 Å². The van der Waals surface area contributed by atoms with Gasteiger partial charge in [0.1, 0.15) is 11.6 Å². The molecule has 114 valence electrons. The number of hydrogen-bond donors (Lipinski definition) is 2. The molecule has 0 bridgehead atoms. The summed E-state index contributed by atoms with van der Waals surface area (Å²) in [6.07, 6.45) is 0.337. The molecule has 20 heavy (non-hydrogen) atoms. The van der Waals surface area contributed by atoms with E-state index in [-0.39, 0.29) is 12.7 Å². The number of amides is 1. The van der Waals surface area contributed by atoms with E-state index >= 15 is 0 Å². The zero-order valence-corrected chi connectivity index (χ0v) is 12.1. The first-order chi connectivity index (χ1) is 9.21. The summed E-state index contributed by atoms with van der Waals surface area (Å²) in [7, 11) is 0. The summed E-state index contributed by atoms with van der Waals surface area (Å²) >= 11 is 0. The number of rotatable bonds is 1. The second-order valence-electron chi connectivity index (χ2n) is 6.42. The average molecular weight is 286 g/mol. The molecule has 2 aliphatic rings. The highest BCUT2D eigenvalue weighted by atomic mass is 16.6. The lowest BCUT2D eigenvalue weighted by molar-refractivity contribution is -0.148. The summed E-state index contributed by atoms with van der Waals surface area (Å²) in [5, 5.41) is 11.9. The summed E-state index contributed by atoms with van der Waals surface area (Å²) in [5.41, 5.74) is -1.00. The topological polar surface area (TPSA) is 88.1 Å². The fourth-order valence-electron chi connectivity index (χ4n) is 2.43. The first-order valence-electron chi connectivity index (χ1n) is 6.79. The molecular weight excluding hydrogens is 264 g/mol. The van der Waals surface area contributed by atoms with Crippen molar-refractivity contribution in [2.45, 2.75) is 44.4 Å². The monoisotopic (exact) mass is 286 g/mol. The Morgan fingerprint density at radius 3 is 2.65 bits per heavy atom. The number of ether oxygens (including phenoxy) is 2. The molecule has 0 aliphatic carbocycles. The lowest BCUT2D eigenvalue weighted by atomic mass is 10.0. The number of carbonyl (C=O) groups is 2. The molecule has 2 rings (SSSR count). The van der Waals surface area contributed by atoms with E-state index in [1.165, 1.54) is 0 Å². The molecule has 0 saturated carbocycles. The van der Waals surface area contributed by atoms with E-state index in [0.29, 0.717) is 26.1 Å². The van der Waals surface area contributed by atoms with E-state index in [1.807, 2.05) is 20.8 Å². The average Bonchev–Trinajstić information content (AvgIpc) is 2.72. The van der Waals surface area contributed by atoms with Crippen molar-refractivity contribution in [3.8, 4) is 0 Å². The van der Waals surface area contributed by atoms with E-state index in [2.05, 4.69) is 5.32 Å². The van der Waals surface area contributed by atoms with E-state index in [9.17, 15) is 9.59 Å². The molecule has 2 unspecified atom stereocenters. The van der Waals surface area contributed by atoms with Crippen LogP contribution in [0.25, 0.3) is 0 Å². The highest BCUT2D eigenvalue weighted by Crippen LogP contribution is 2.28. The molecule has 2 fully saturated rings. The van der Waals surface area contributed by atoms with Crippen molar-refractivity contribution in [3.05, 3.63) is 0 Å². The molecule has 2 N–H and O–H groups in total. The fraction of sp³-hybridized carbons (Fsp3) is 0.846. The fourth-order valence-corrected chi connectivity index (χ4v) is 2.43. The van der Waals surface area contributed by atoms with Crippen LogP contribution in [0.2, 0.25) is 0 Å². The van der Waals surface area contributed by atoms with Crippen LogP contribution in [0, 0.1) is 0 Å². The predicted octanol–water partition coefficient (Wildman–Crippen LogP) is 0.439. The number of carbonyl (C=O) groups excluding carboxylic acids is 1. The zero-order valence-electron chi connectivity index (χ0n) is 12.1. The van der Waals surface area contributed by atoms with Gasteiger partial charge in [-0.1, -0.05) is 0 Å². The van der Waals surface area contributed by atoms with Gasteiger partial charge in [-0.3, -0.25) is 10.1 Å².